The number of carbonyl (C=O) groups is 1. The van der Waals surface area contributed by atoms with Crippen LogP contribution in [-0.4, -0.2) is 21.6 Å². The summed E-state index contributed by atoms with van der Waals surface area (Å²) in [5.74, 6) is 0.0491. The molecular formula is C15H30NiO2S. The smallest absolute Gasteiger partial charge is 0.304 e. The van der Waals surface area contributed by atoms with Gasteiger partial charge in [-0.15, -0.1) is 0 Å². The van der Waals surface area contributed by atoms with Crippen LogP contribution in [-0.2, 0) is 21.3 Å². The Morgan fingerprint density at radius 1 is 1.05 bits per heavy atom. The van der Waals surface area contributed by atoms with Crippen LogP contribution in [0, 0.1) is 0 Å². The summed E-state index contributed by atoms with van der Waals surface area (Å²) in [6.07, 6.45) is 10.9. The Kier molecular flexibility index (Phi) is 15.1. The van der Waals surface area contributed by atoms with Crippen molar-refractivity contribution in [2.24, 2.45) is 0 Å². The molecule has 118 valence electrons. The summed E-state index contributed by atoms with van der Waals surface area (Å²) >= 11 is 1.80. The minimum absolute atomic E-state index is 0. The molecule has 19 heavy (non-hydrogen) atoms. The first-order chi connectivity index (χ1) is 8.48. The van der Waals surface area contributed by atoms with Gasteiger partial charge in [-0.25, -0.2) is 0 Å². The quantitative estimate of drug-likeness (QED) is 0.398. The second-order valence-electron chi connectivity index (χ2n) is 5.62. The van der Waals surface area contributed by atoms with Crippen LogP contribution in [0.4, 0.5) is 0 Å². The second kappa shape index (κ2) is 13.3. The Morgan fingerprint density at radius 3 is 2.11 bits per heavy atom. The first-order valence-electron chi connectivity index (χ1n) is 7.33. The number of carboxylic acids is 1. The van der Waals surface area contributed by atoms with E-state index in [1.54, 1.807) is 11.8 Å². The van der Waals surface area contributed by atoms with Crippen LogP contribution in [0.2, 0.25) is 0 Å². The topological polar surface area (TPSA) is 37.3 Å². The van der Waals surface area contributed by atoms with Crippen LogP contribution < -0.4 is 0 Å². The minimum Gasteiger partial charge on any atom is -0.481 e. The van der Waals surface area contributed by atoms with Gasteiger partial charge in [-0.1, -0.05) is 65.7 Å². The molecule has 0 aromatic rings. The Labute approximate surface area is 133 Å². The van der Waals surface area contributed by atoms with Crippen molar-refractivity contribution in [3.63, 3.8) is 0 Å². The van der Waals surface area contributed by atoms with Crippen LogP contribution in [0.3, 0.4) is 0 Å². The Bertz CT molecular complexity index is 220. The molecule has 0 saturated heterocycles. The van der Waals surface area contributed by atoms with Crippen molar-refractivity contribution in [3.8, 4) is 0 Å². The van der Waals surface area contributed by atoms with Gasteiger partial charge in [-0.05, 0) is 6.42 Å². The molecule has 0 atom stereocenters. The molecule has 0 unspecified atom stereocenters. The molecule has 0 amide bonds. The summed E-state index contributed by atoms with van der Waals surface area (Å²) in [4.78, 5) is 10.5. The van der Waals surface area contributed by atoms with E-state index >= 15 is 0 Å². The number of hydrogen-bond donors (Lipinski definition) is 1. The fourth-order valence-electron chi connectivity index (χ4n) is 1.99. The standard InChI is InChI=1S/C15H30O2S.Ni/c1-4-5-6-7-8-9-10-12-15(2,3)18-13-11-14(16)17;/h4-13H2,1-3H3,(H,16,17);. The van der Waals surface area contributed by atoms with Gasteiger partial charge in [0.1, 0.15) is 0 Å². The van der Waals surface area contributed by atoms with E-state index in [1.807, 2.05) is 0 Å². The zero-order valence-corrected chi connectivity index (χ0v) is 14.5. The number of hydrogen-bond acceptors (Lipinski definition) is 2. The van der Waals surface area contributed by atoms with Crippen LogP contribution in [0.25, 0.3) is 0 Å². The van der Waals surface area contributed by atoms with E-state index in [2.05, 4.69) is 20.8 Å². The SMILES string of the molecule is CCCCCCCCCC(C)(C)SCCC(=O)O.[Ni]. The second-order valence-corrected chi connectivity index (χ2v) is 7.43. The van der Waals surface area contributed by atoms with Crippen LogP contribution in [0.5, 0.6) is 0 Å². The van der Waals surface area contributed by atoms with E-state index in [-0.39, 0.29) is 27.7 Å². The third-order valence-electron chi connectivity index (χ3n) is 3.19. The van der Waals surface area contributed by atoms with E-state index in [0.717, 1.165) is 5.75 Å². The monoisotopic (exact) mass is 332 g/mol. The summed E-state index contributed by atoms with van der Waals surface area (Å²) in [5.41, 5.74) is 0. The maximum Gasteiger partial charge on any atom is 0.304 e. The fourth-order valence-corrected chi connectivity index (χ4v) is 3.11. The molecule has 0 aliphatic carbocycles. The summed E-state index contributed by atoms with van der Waals surface area (Å²) in [5, 5.41) is 8.61. The van der Waals surface area contributed by atoms with Gasteiger partial charge in [0.15, 0.2) is 0 Å². The van der Waals surface area contributed by atoms with E-state index in [9.17, 15) is 4.79 Å². The van der Waals surface area contributed by atoms with Gasteiger partial charge in [0.05, 0.1) is 6.42 Å². The van der Waals surface area contributed by atoms with Crippen LogP contribution >= 0.6 is 11.8 Å². The Morgan fingerprint density at radius 2 is 1.58 bits per heavy atom. The molecule has 0 aromatic heterocycles. The van der Waals surface area contributed by atoms with Crippen molar-refractivity contribution in [1.29, 1.82) is 0 Å². The van der Waals surface area contributed by atoms with E-state index in [1.165, 1.54) is 51.4 Å². The first-order valence-corrected chi connectivity index (χ1v) is 8.32. The van der Waals surface area contributed by atoms with E-state index in [4.69, 9.17) is 5.11 Å². The first kappa shape index (κ1) is 21.6. The van der Waals surface area contributed by atoms with Gasteiger partial charge < -0.3 is 5.11 Å². The van der Waals surface area contributed by atoms with E-state index < -0.39 is 5.97 Å². The van der Waals surface area contributed by atoms with Crippen molar-refractivity contribution in [2.75, 3.05) is 5.75 Å². The predicted molar refractivity (Wildman–Crippen MR) is 81.4 cm³/mol. The van der Waals surface area contributed by atoms with Crippen LogP contribution in [0.15, 0.2) is 0 Å². The molecule has 0 bridgehead atoms. The average Bonchev–Trinajstić information content (AvgIpc) is 2.27. The van der Waals surface area contributed by atoms with Crippen molar-refractivity contribution in [1.82, 2.24) is 0 Å². The molecule has 0 aliphatic heterocycles. The molecule has 4 heteroatoms. The van der Waals surface area contributed by atoms with Gasteiger partial charge in [0, 0.05) is 27.0 Å². The molecule has 0 heterocycles. The molecule has 0 radical (unpaired) electrons. The third-order valence-corrected chi connectivity index (χ3v) is 4.58. The predicted octanol–water partition coefficient (Wildman–Crippen LogP) is 5.11. The molecule has 0 rings (SSSR count). The minimum atomic E-state index is -0.686. The molecule has 0 aromatic carbocycles. The maximum atomic E-state index is 10.5. The third kappa shape index (κ3) is 16.3. The van der Waals surface area contributed by atoms with Gasteiger partial charge in [0.2, 0.25) is 0 Å². The molecule has 0 saturated carbocycles. The molecule has 0 spiro atoms. The van der Waals surface area contributed by atoms with Crippen LogP contribution in [0.1, 0.15) is 78.6 Å². The maximum absolute atomic E-state index is 10.5. The molecular weight excluding hydrogens is 303 g/mol. The number of aliphatic carboxylic acids is 1. The molecule has 2 nitrogen and oxygen atoms in total. The molecule has 0 aliphatic rings. The van der Waals surface area contributed by atoms with Crippen molar-refractivity contribution in [2.45, 2.75) is 83.3 Å². The van der Waals surface area contributed by atoms with E-state index in [0.29, 0.717) is 0 Å². The van der Waals surface area contributed by atoms with Gasteiger partial charge in [-0.2, -0.15) is 11.8 Å². The Balaban J connectivity index is 0. The van der Waals surface area contributed by atoms with Crippen molar-refractivity contribution in [3.05, 3.63) is 0 Å². The molecule has 1 N–H and O–H groups in total. The fraction of sp³-hybridized carbons (Fsp3) is 0.933. The Hall–Kier alpha value is 0.314. The number of carboxylic acid groups (broad SMARTS) is 1. The average molecular weight is 333 g/mol. The zero-order valence-electron chi connectivity index (χ0n) is 12.7. The zero-order chi connectivity index (χ0) is 13.9. The van der Waals surface area contributed by atoms with Gasteiger partial charge >= 0.3 is 5.97 Å². The van der Waals surface area contributed by atoms with Gasteiger partial charge in [0.25, 0.3) is 0 Å². The van der Waals surface area contributed by atoms with Crippen molar-refractivity contribution >= 4 is 17.7 Å². The summed E-state index contributed by atoms with van der Waals surface area (Å²) in [6, 6.07) is 0. The van der Waals surface area contributed by atoms with Crippen molar-refractivity contribution < 1.29 is 26.4 Å². The number of rotatable bonds is 12. The largest absolute Gasteiger partial charge is 0.481 e. The summed E-state index contributed by atoms with van der Waals surface area (Å²) in [7, 11) is 0. The summed E-state index contributed by atoms with van der Waals surface area (Å²) in [6.45, 7) is 6.71. The van der Waals surface area contributed by atoms with Gasteiger partial charge in [-0.3, -0.25) is 4.79 Å². The number of thioether (sulfide) groups is 1. The molecule has 0 fully saturated rings. The normalized spacial score (nSPS) is 11.1. The summed E-state index contributed by atoms with van der Waals surface area (Å²) < 4.78 is 0.235. The number of unbranched alkanes of at least 4 members (excludes halogenated alkanes) is 6.